The van der Waals surface area contributed by atoms with Crippen molar-refractivity contribution in [1.82, 2.24) is 0 Å². The van der Waals surface area contributed by atoms with Gasteiger partial charge in [-0.1, -0.05) is 111 Å². The van der Waals surface area contributed by atoms with Gasteiger partial charge >= 0.3 is 0 Å². The van der Waals surface area contributed by atoms with Crippen LogP contribution < -0.4 is 0 Å². The normalized spacial score (nSPS) is 16.5. The van der Waals surface area contributed by atoms with Gasteiger partial charge in [-0.25, -0.2) is 0 Å². The lowest BCUT2D eigenvalue weighted by molar-refractivity contribution is 0.424. The summed E-state index contributed by atoms with van der Waals surface area (Å²) in [4.78, 5) is 0. The van der Waals surface area contributed by atoms with Crippen LogP contribution in [-0.2, 0) is 10.8 Å². The zero-order chi connectivity index (χ0) is 20.3. The number of hydrogen-bond acceptors (Lipinski definition) is 0. The van der Waals surface area contributed by atoms with Crippen LogP contribution >= 0.6 is 0 Å². The van der Waals surface area contributed by atoms with Crippen molar-refractivity contribution in [3.05, 3.63) is 119 Å². The fourth-order valence-corrected chi connectivity index (χ4v) is 6.13. The van der Waals surface area contributed by atoms with Crippen LogP contribution in [0.25, 0.3) is 22.3 Å². The third kappa shape index (κ3) is 2.22. The van der Waals surface area contributed by atoms with Gasteiger partial charge in [0, 0.05) is 10.8 Å². The van der Waals surface area contributed by atoms with Gasteiger partial charge in [0.15, 0.2) is 0 Å². The van der Waals surface area contributed by atoms with Crippen molar-refractivity contribution < 1.29 is 0 Å². The number of benzene rings is 4. The van der Waals surface area contributed by atoms with Gasteiger partial charge < -0.3 is 0 Å². The zero-order valence-electron chi connectivity index (χ0n) is 17.7. The Bertz CT molecular complexity index is 1080. The highest BCUT2D eigenvalue weighted by atomic mass is 14.5. The molecule has 0 aromatic heterocycles. The van der Waals surface area contributed by atoms with Crippen molar-refractivity contribution in [1.29, 1.82) is 0 Å². The van der Waals surface area contributed by atoms with Gasteiger partial charge in [0.05, 0.1) is 0 Å². The second-order valence-electron chi connectivity index (χ2n) is 9.35. The molecule has 0 saturated heterocycles. The molecule has 0 atom stereocenters. The Morgan fingerprint density at radius 1 is 0.400 bits per heavy atom. The zero-order valence-corrected chi connectivity index (χ0v) is 17.7. The summed E-state index contributed by atoms with van der Waals surface area (Å²) in [5.74, 6) is 0. The summed E-state index contributed by atoms with van der Waals surface area (Å²) in [5, 5.41) is 0. The Morgan fingerprint density at radius 3 is 0.900 bits per heavy atom. The van der Waals surface area contributed by atoms with Crippen LogP contribution in [0.15, 0.2) is 97.1 Å². The Kier molecular flexibility index (Phi) is 3.65. The molecule has 0 heteroatoms. The third-order valence-electron chi connectivity index (χ3n) is 7.79. The van der Waals surface area contributed by atoms with Crippen LogP contribution in [0.2, 0.25) is 0 Å². The molecule has 0 spiro atoms. The highest BCUT2D eigenvalue weighted by Crippen LogP contribution is 2.55. The molecule has 2 aliphatic carbocycles. The molecule has 30 heavy (non-hydrogen) atoms. The van der Waals surface area contributed by atoms with E-state index in [-0.39, 0.29) is 10.8 Å². The van der Waals surface area contributed by atoms with Gasteiger partial charge in [-0.3, -0.25) is 0 Å². The van der Waals surface area contributed by atoms with Crippen molar-refractivity contribution >= 4 is 0 Å². The summed E-state index contributed by atoms with van der Waals surface area (Å²) in [6, 6.07) is 36.0. The minimum Gasteiger partial charge on any atom is -0.0619 e. The van der Waals surface area contributed by atoms with Crippen molar-refractivity contribution in [2.24, 2.45) is 0 Å². The van der Waals surface area contributed by atoms with Crippen LogP contribution in [0.4, 0.5) is 0 Å². The Hall–Kier alpha value is -3.12. The van der Waals surface area contributed by atoms with E-state index in [0.29, 0.717) is 0 Å². The summed E-state index contributed by atoms with van der Waals surface area (Å²) in [6.45, 7) is 4.90. The topological polar surface area (TPSA) is 0 Å². The first-order valence-electron chi connectivity index (χ1n) is 11.0. The van der Waals surface area contributed by atoms with E-state index >= 15 is 0 Å². The van der Waals surface area contributed by atoms with Crippen LogP contribution in [0.1, 0.15) is 48.9 Å². The maximum atomic E-state index is 2.45. The molecular weight excluding hydrogens is 360 g/mol. The van der Waals surface area contributed by atoms with Gasteiger partial charge in [0.2, 0.25) is 0 Å². The quantitative estimate of drug-likeness (QED) is 0.338. The van der Waals surface area contributed by atoms with E-state index in [0.717, 1.165) is 12.8 Å². The maximum Gasteiger partial charge on any atom is 0.0187 e. The van der Waals surface area contributed by atoms with Crippen LogP contribution in [0.5, 0.6) is 0 Å². The Balaban J connectivity index is 1.46. The minimum atomic E-state index is 0.0443. The van der Waals surface area contributed by atoms with E-state index in [1.807, 2.05) is 0 Å². The molecule has 0 bridgehead atoms. The first kappa shape index (κ1) is 17.7. The highest BCUT2D eigenvalue weighted by molar-refractivity contribution is 5.82. The van der Waals surface area contributed by atoms with Crippen molar-refractivity contribution in [2.75, 3.05) is 0 Å². The van der Waals surface area contributed by atoms with E-state index in [4.69, 9.17) is 0 Å². The molecule has 146 valence electrons. The number of rotatable bonds is 3. The molecule has 6 rings (SSSR count). The smallest absolute Gasteiger partial charge is 0.0187 e. The molecule has 0 N–H and O–H groups in total. The standard InChI is InChI=1S/C30H26/c1-29(25-15-7-3-11-21(25)22-12-4-8-16-26(22)29)19-20-30(2)27-17-9-5-13-23(27)24-14-6-10-18-28(24)30/h3-18H,19-20H2,1-2H3. The molecular formula is C30H26. The average Bonchev–Trinajstić information content (AvgIpc) is 3.22. The fraction of sp³-hybridized carbons (Fsp3) is 0.200. The predicted octanol–water partition coefficient (Wildman–Crippen LogP) is 7.74. The Labute approximate surface area is 179 Å². The van der Waals surface area contributed by atoms with E-state index in [9.17, 15) is 0 Å². The minimum absolute atomic E-state index is 0.0443. The molecule has 0 nitrogen and oxygen atoms in total. The van der Waals surface area contributed by atoms with Gasteiger partial charge in [0.25, 0.3) is 0 Å². The molecule has 2 aliphatic rings. The lowest BCUT2D eigenvalue weighted by Crippen LogP contribution is -2.27. The summed E-state index contributed by atoms with van der Waals surface area (Å²) >= 11 is 0. The van der Waals surface area contributed by atoms with Crippen LogP contribution in [0.3, 0.4) is 0 Å². The molecule has 0 heterocycles. The molecule has 0 aliphatic heterocycles. The molecule has 0 radical (unpaired) electrons. The maximum absolute atomic E-state index is 2.45. The molecule has 4 aromatic rings. The molecule has 0 unspecified atom stereocenters. The largest absolute Gasteiger partial charge is 0.0619 e. The van der Waals surface area contributed by atoms with Crippen LogP contribution in [-0.4, -0.2) is 0 Å². The summed E-state index contributed by atoms with van der Waals surface area (Å²) in [6.07, 6.45) is 2.25. The second kappa shape index (κ2) is 6.19. The first-order valence-corrected chi connectivity index (χ1v) is 11.0. The Morgan fingerprint density at radius 2 is 0.633 bits per heavy atom. The SMILES string of the molecule is CC1(CCC2(C)c3ccccc3-c3ccccc32)c2ccccc2-c2ccccc21. The van der Waals surface area contributed by atoms with E-state index in [1.54, 1.807) is 0 Å². The summed E-state index contributed by atoms with van der Waals surface area (Å²) in [5.41, 5.74) is 11.7. The lowest BCUT2D eigenvalue weighted by atomic mass is 9.69. The average molecular weight is 387 g/mol. The fourth-order valence-electron chi connectivity index (χ4n) is 6.13. The monoisotopic (exact) mass is 386 g/mol. The van der Waals surface area contributed by atoms with Crippen molar-refractivity contribution in [3.8, 4) is 22.3 Å². The van der Waals surface area contributed by atoms with Gasteiger partial charge in [-0.15, -0.1) is 0 Å². The van der Waals surface area contributed by atoms with Gasteiger partial charge in [-0.2, -0.15) is 0 Å². The van der Waals surface area contributed by atoms with E-state index < -0.39 is 0 Å². The van der Waals surface area contributed by atoms with Gasteiger partial charge in [-0.05, 0) is 57.3 Å². The first-order chi connectivity index (χ1) is 14.6. The van der Waals surface area contributed by atoms with Gasteiger partial charge in [0.1, 0.15) is 0 Å². The second-order valence-corrected chi connectivity index (χ2v) is 9.35. The van der Waals surface area contributed by atoms with Crippen LogP contribution in [0, 0.1) is 0 Å². The summed E-state index contributed by atoms with van der Waals surface area (Å²) in [7, 11) is 0. The van der Waals surface area contributed by atoms with Crippen molar-refractivity contribution in [2.45, 2.75) is 37.5 Å². The van der Waals surface area contributed by atoms with Crippen molar-refractivity contribution in [3.63, 3.8) is 0 Å². The molecule has 0 saturated carbocycles. The molecule has 4 aromatic carbocycles. The third-order valence-corrected chi connectivity index (χ3v) is 7.79. The summed E-state index contributed by atoms with van der Waals surface area (Å²) < 4.78 is 0. The molecule has 0 amide bonds. The van der Waals surface area contributed by atoms with E-state index in [2.05, 4.69) is 111 Å². The number of fused-ring (bicyclic) bond motifs is 6. The highest BCUT2D eigenvalue weighted by Gasteiger charge is 2.44. The lowest BCUT2D eigenvalue weighted by Gasteiger charge is -2.34. The molecule has 0 fully saturated rings. The predicted molar refractivity (Wildman–Crippen MR) is 126 cm³/mol. The number of hydrogen-bond donors (Lipinski definition) is 0. The van der Waals surface area contributed by atoms with E-state index in [1.165, 1.54) is 44.5 Å².